The van der Waals surface area contributed by atoms with Crippen molar-refractivity contribution in [1.82, 2.24) is 9.71 Å². The summed E-state index contributed by atoms with van der Waals surface area (Å²) in [6.45, 7) is 2.53. The number of aromatic amines is 1. The smallest absolute Gasteiger partial charge is 0.252 e. The maximum Gasteiger partial charge on any atom is 0.252 e. The highest BCUT2D eigenvalue weighted by Gasteiger charge is 2.18. The molecule has 3 aromatic rings. The van der Waals surface area contributed by atoms with Crippen LogP contribution in [0.3, 0.4) is 0 Å². The van der Waals surface area contributed by atoms with E-state index in [4.69, 9.17) is 9.47 Å². The molecule has 2 heterocycles. The predicted molar refractivity (Wildman–Crippen MR) is 101 cm³/mol. The summed E-state index contributed by atoms with van der Waals surface area (Å²) in [7, 11) is -3.72. The van der Waals surface area contributed by atoms with Crippen molar-refractivity contribution in [3.8, 4) is 11.5 Å². The molecule has 1 aromatic heterocycles. The molecule has 0 radical (unpaired) electrons. The third-order valence-corrected chi connectivity index (χ3v) is 5.98. The fourth-order valence-electron chi connectivity index (χ4n) is 3.03. The lowest BCUT2D eigenvalue weighted by atomic mass is 10.1. The van der Waals surface area contributed by atoms with E-state index in [1.165, 1.54) is 6.07 Å². The average Bonchev–Trinajstić information content (AvgIpc) is 2.65. The maximum absolute atomic E-state index is 12.5. The Morgan fingerprint density at radius 2 is 1.78 bits per heavy atom. The van der Waals surface area contributed by atoms with E-state index >= 15 is 0 Å². The summed E-state index contributed by atoms with van der Waals surface area (Å²) in [5.74, 6) is 1.18. The number of benzene rings is 2. The molecule has 0 bridgehead atoms. The number of H-pyrrole nitrogens is 1. The van der Waals surface area contributed by atoms with Crippen molar-refractivity contribution in [3.05, 3.63) is 63.9 Å². The van der Waals surface area contributed by atoms with Crippen LogP contribution in [0.2, 0.25) is 0 Å². The average molecular weight is 386 g/mol. The molecule has 27 heavy (non-hydrogen) atoms. The number of aromatic nitrogens is 1. The minimum absolute atomic E-state index is 0.115. The molecule has 0 saturated carbocycles. The zero-order valence-corrected chi connectivity index (χ0v) is 15.4. The minimum atomic E-state index is -3.72. The van der Waals surface area contributed by atoms with Gasteiger partial charge in [0.2, 0.25) is 10.0 Å². The first-order chi connectivity index (χ1) is 12.9. The largest absolute Gasteiger partial charge is 0.486 e. The van der Waals surface area contributed by atoms with Crippen LogP contribution in [-0.2, 0) is 16.6 Å². The number of aryl methyl sites for hydroxylation is 1. The topological polar surface area (TPSA) is 97.5 Å². The number of ether oxygens (including phenoxy) is 2. The van der Waals surface area contributed by atoms with Crippen LogP contribution in [0.25, 0.3) is 10.9 Å². The van der Waals surface area contributed by atoms with Crippen LogP contribution < -0.4 is 19.8 Å². The Bertz CT molecular complexity index is 1180. The van der Waals surface area contributed by atoms with Crippen molar-refractivity contribution in [2.75, 3.05) is 13.2 Å². The second kappa shape index (κ2) is 6.71. The fourth-order valence-corrected chi connectivity index (χ4v) is 4.28. The molecular weight excluding hydrogens is 368 g/mol. The van der Waals surface area contributed by atoms with E-state index in [1.54, 1.807) is 43.3 Å². The maximum atomic E-state index is 12.5. The molecule has 0 amide bonds. The van der Waals surface area contributed by atoms with Gasteiger partial charge in [-0.05, 0) is 30.7 Å². The van der Waals surface area contributed by atoms with Gasteiger partial charge >= 0.3 is 0 Å². The van der Waals surface area contributed by atoms with Crippen LogP contribution in [0.15, 0.2) is 52.2 Å². The number of rotatable bonds is 4. The lowest BCUT2D eigenvalue weighted by molar-refractivity contribution is 0.172. The molecule has 7 nitrogen and oxygen atoms in total. The van der Waals surface area contributed by atoms with Gasteiger partial charge in [0.15, 0.2) is 11.5 Å². The number of sulfonamides is 1. The van der Waals surface area contributed by atoms with Gasteiger partial charge in [0, 0.05) is 23.6 Å². The molecule has 0 atom stereocenters. The van der Waals surface area contributed by atoms with E-state index in [-0.39, 0.29) is 17.0 Å². The first-order valence-electron chi connectivity index (χ1n) is 8.45. The van der Waals surface area contributed by atoms with Crippen molar-refractivity contribution >= 4 is 20.9 Å². The minimum Gasteiger partial charge on any atom is -0.486 e. The number of hydrogen-bond donors (Lipinski definition) is 2. The van der Waals surface area contributed by atoms with Crippen LogP contribution in [0.1, 0.15) is 11.1 Å². The highest BCUT2D eigenvalue weighted by molar-refractivity contribution is 7.89. The summed E-state index contributed by atoms with van der Waals surface area (Å²) in [6.07, 6.45) is 0. The van der Waals surface area contributed by atoms with E-state index in [9.17, 15) is 13.2 Å². The lowest BCUT2D eigenvalue weighted by Crippen LogP contribution is -2.27. The standard InChI is InChI=1S/C19H18N2O5S/c1-12-4-2-3-5-18(12)27(23,24)20-11-14-8-13-9-16-17(26-7-6-25-16)10-15(13)21-19(14)22/h2-5,8-10,20H,6-7,11H2,1H3,(H,21,22). The van der Waals surface area contributed by atoms with Gasteiger partial charge in [0.1, 0.15) is 13.2 Å². The van der Waals surface area contributed by atoms with Crippen LogP contribution >= 0.6 is 0 Å². The first kappa shape index (κ1) is 17.6. The summed E-state index contributed by atoms with van der Waals surface area (Å²) >= 11 is 0. The number of pyridine rings is 1. The van der Waals surface area contributed by atoms with E-state index in [0.717, 1.165) is 5.39 Å². The molecule has 0 unspecified atom stereocenters. The quantitative estimate of drug-likeness (QED) is 0.716. The summed E-state index contributed by atoms with van der Waals surface area (Å²) in [5.41, 5.74) is 1.21. The molecule has 1 aliphatic rings. The Labute approximate surface area is 156 Å². The van der Waals surface area contributed by atoms with Gasteiger partial charge in [-0.3, -0.25) is 4.79 Å². The predicted octanol–water partition coefficient (Wildman–Crippen LogP) is 2.09. The molecule has 0 saturated heterocycles. The molecule has 0 spiro atoms. The monoisotopic (exact) mass is 386 g/mol. The number of nitrogens with one attached hydrogen (secondary N) is 2. The van der Waals surface area contributed by atoms with Crippen molar-refractivity contribution in [3.63, 3.8) is 0 Å². The van der Waals surface area contributed by atoms with E-state index in [0.29, 0.717) is 41.4 Å². The van der Waals surface area contributed by atoms with Crippen LogP contribution in [0, 0.1) is 6.92 Å². The number of fused-ring (bicyclic) bond motifs is 2. The molecule has 2 aromatic carbocycles. The fraction of sp³-hybridized carbons (Fsp3) is 0.211. The molecule has 0 aliphatic carbocycles. The third-order valence-electron chi connectivity index (χ3n) is 4.42. The van der Waals surface area contributed by atoms with Crippen molar-refractivity contribution in [2.24, 2.45) is 0 Å². The Hall–Kier alpha value is -2.84. The molecule has 2 N–H and O–H groups in total. The lowest BCUT2D eigenvalue weighted by Gasteiger charge is -2.19. The van der Waals surface area contributed by atoms with Crippen molar-refractivity contribution < 1.29 is 17.9 Å². The van der Waals surface area contributed by atoms with Gasteiger partial charge in [0.05, 0.1) is 10.4 Å². The SMILES string of the molecule is Cc1ccccc1S(=O)(=O)NCc1cc2cc3c(cc2[nH]c1=O)OCCO3. The zero-order chi connectivity index (χ0) is 19.0. The van der Waals surface area contributed by atoms with Crippen molar-refractivity contribution in [1.29, 1.82) is 0 Å². The highest BCUT2D eigenvalue weighted by Crippen LogP contribution is 2.33. The number of hydrogen-bond acceptors (Lipinski definition) is 5. The van der Waals surface area contributed by atoms with Gasteiger partial charge in [-0.15, -0.1) is 0 Å². The molecule has 4 rings (SSSR count). The second-order valence-corrected chi connectivity index (χ2v) is 8.03. The van der Waals surface area contributed by atoms with Crippen LogP contribution in [0.5, 0.6) is 11.5 Å². The van der Waals surface area contributed by atoms with Crippen molar-refractivity contribution in [2.45, 2.75) is 18.4 Å². The molecular formula is C19H18N2O5S. The van der Waals surface area contributed by atoms with Gasteiger partial charge in [-0.2, -0.15) is 0 Å². The molecule has 1 aliphatic heterocycles. The van der Waals surface area contributed by atoms with E-state index in [2.05, 4.69) is 9.71 Å². The molecule has 0 fully saturated rings. The molecule has 8 heteroatoms. The molecule has 140 valence electrons. The summed E-state index contributed by atoms with van der Waals surface area (Å²) in [6, 6.07) is 11.8. The van der Waals surface area contributed by atoms with Gasteiger partial charge < -0.3 is 14.5 Å². The van der Waals surface area contributed by atoms with Gasteiger partial charge in [-0.25, -0.2) is 13.1 Å². The van der Waals surface area contributed by atoms with Gasteiger partial charge in [-0.1, -0.05) is 18.2 Å². The van der Waals surface area contributed by atoms with E-state index in [1.807, 2.05) is 0 Å². The Kier molecular flexibility index (Phi) is 4.37. The normalized spacial score (nSPS) is 13.7. The van der Waals surface area contributed by atoms with E-state index < -0.39 is 10.0 Å². The van der Waals surface area contributed by atoms with Crippen LogP contribution in [0.4, 0.5) is 0 Å². The Morgan fingerprint density at radius 3 is 2.52 bits per heavy atom. The Morgan fingerprint density at radius 1 is 1.07 bits per heavy atom. The van der Waals surface area contributed by atoms with Crippen LogP contribution in [-0.4, -0.2) is 26.6 Å². The van der Waals surface area contributed by atoms with Gasteiger partial charge in [0.25, 0.3) is 5.56 Å². The summed E-state index contributed by atoms with van der Waals surface area (Å²) in [4.78, 5) is 15.3. The highest BCUT2D eigenvalue weighted by atomic mass is 32.2. The second-order valence-electron chi connectivity index (χ2n) is 6.30. The summed E-state index contributed by atoms with van der Waals surface area (Å²) in [5, 5.41) is 0.740. The Balaban J connectivity index is 1.65. The summed E-state index contributed by atoms with van der Waals surface area (Å²) < 4.78 is 38.6. The zero-order valence-electron chi connectivity index (χ0n) is 14.6. The first-order valence-corrected chi connectivity index (χ1v) is 9.93. The third kappa shape index (κ3) is 3.41.